The molecule has 0 bridgehead atoms. The number of nitrogens with zero attached hydrogens (tertiary/aromatic N) is 2. The first-order valence-electron chi connectivity index (χ1n) is 6.10. The van der Waals surface area contributed by atoms with Crippen LogP contribution in [0, 0.1) is 0 Å². The summed E-state index contributed by atoms with van der Waals surface area (Å²) in [5, 5.41) is 3.46. The molecule has 2 heterocycles. The molecule has 0 amide bonds. The number of hydrogen-bond acceptors (Lipinski definition) is 3. The number of rotatable bonds is 2. The van der Waals surface area contributed by atoms with Gasteiger partial charge in [0.2, 0.25) is 0 Å². The second-order valence-corrected chi connectivity index (χ2v) is 4.93. The first-order valence-corrected chi connectivity index (χ1v) is 6.10. The fourth-order valence-corrected chi connectivity index (χ4v) is 2.10. The molecule has 0 radical (unpaired) electrons. The van der Waals surface area contributed by atoms with Gasteiger partial charge in [-0.2, -0.15) is 0 Å². The Morgan fingerprint density at radius 3 is 2.94 bits per heavy atom. The Morgan fingerprint density at radius 2 is 2.25 bits per heavy atom. The number of aromatic nitrogens is 1. The van der Waals surface area contributed by atoms with Crippen LogP contribution in [0.2, 0.25) is 0 Å². The Morgan fingerprint density at radius 1 is 1.44 bits per heavy atom. The average molecular weight is 219 g/mol. The molecule has 1 atom stereocenters. The van der Waals surface area contributed by atoms with Crippen LogP contribution in [0.5, 0.6) is 0 Å². The van der Waals surface area contributed by atoms with Crippen LogP contribution >= 0.6 is 0 Å². The molecule has 3 heteroatoms. The van der Waals surface area contributed by atoms with Crippen molar-refractivity contribution in [3.05, 3.63) is 24.0 Å². The van der Waals surface area contributed by atoms with Gasteiger partial charge in [-0.1, -0.05) is 13.8 Å². The number of piperazine rings is 1. The number of hydrogen-bond donors (Lipinski definition) is 1. The maximum atomic E-state index is 4.34. The largest absolute Gasteiger partial charge is 0.367 e. The summed E-state index contributed by atoms with van der Waals surface area (Å²) in [6.45, 7) is 9.86. The van der Waals surface area contributed by atoms with Crippen LogP contribution in [-0.4, -0.2) is 30.7 Å². The van der Waals surface area contributed by atoms with Gasteiger partial charge in [-0.15, -0.1) is 0 Å². The number of nitrogens with one attached hydrogen (secondary N) is 1. The molecule has 0 aliphatic carbocycles. The molecule has 0 unspecified atom stereocenters. The van der Waals surface area contributed by atoms with Crippen LogP contribution in [0.1, 0.15) is 32.3 Å². The molecule has 0 aromatic carbocycles. The number of pyridine rings is 1. The number of anilines is 1. The topological polar surface area (TPSA) is 28.2 Å². The van der Waals surface area contributed by atoms with E-state index in [4.69, 9.17) is 0 Å². The third-order valence-electron chi connectivity index (χ3n) is 3.15. The average Bonchev–Trinajstić information content (AvgIpc) is 2.29. The van der Waals surface area contributed by atoms with E-state index in [2.05, 4.69) is 42.0 Å². The molecule has 16 heavy (non-hydrogen) atoms. The van der Waals surface area contributed by atoms with Crippen LogP contribution < -0.4 is 10.2 Å². The van der Waals surface area contributed by atoms with Crippen molar-refractivity contribution >= 4 is 5.69 Å². The van der Waals surface area contributed by atoms with Crippen molar-refractivity contribution in [2.45, 2.75) is 32.7 Å². The first-order chi connectivity index (χ1) is 7.66. The van der Waals surface area contributed by atoms with E-state index < -0.39 is 0 Å². The van der Waals surface area contributed by atoms with E-state index in [1.54, 1.807) is 0 Å². The Kier molecular flexibility index (Phi) is 3.44. The zero-order valence-electron chi connectivity index (χ0n) is 10.4. The third-order valence-corrected chi connectivity index (χ3v) is 3.15. The molecule has 1 aromatic heterocycles. The minimum Gasteiger partial charge on any atom is -0.367 e. The van der Waals surface area contributed by atoms with E-state index in [1.165, 1.54) is 11.3 Å². The van der Waals surface area contributed by atoms with Gasteiger partial charge in [0, 0.05) is 31.9 Å². The van der Waals surface area contributed by atoms with E-state index in [9.17, 15) is 0 Å². The van der Waals surface area contributed by atoms with Gasteiger partial charge < -0.3 is 10.2 Å². The summed E-state index contributed by atoms with van der Waals surface area (Å²) in [7, 11) is 0. The second-order valence-electron chi connectivity index (χ2n) is 4.93. The zero-order valence-corrected chi connectivity index (χ0v) is 10.4. The van der Waals surface area contributed by atoms with Crippen molar-refractivity contribution in [2.24, 2.45) is 0 Å². The normalized spacial score (nSPS) is 21.5. The highest BCUT2D eigenvalue weighted by molar-refractivity contribution is 5.47. The smallest absolute Gasteiger partial charge is 0.0556 e. The summed E-state index contributed by atoms with van der Waals surface area (Å²) in [6.07, 6.45) is 3.95. The summed E-state index contributed by atoms with van der Waals surface area (Å²) in [5.74, 6) is 0.549. The molecule has 3 nitrogen and oxygen atoms in total. The lowest BCUT2D eigenvalue weighted by atomic mass is 10.1. The molecule has 1 fully saturated rings. The van der Waals surface area contributed by atoms with Gasteiger partial charge in [0.15, 0.2) is 0 Å². The van der Waals surface area contributed by atoms with Crippen molar-refractivity contribution in [1.82, 2.24) is 10.3 Å². The van der Waals surface area contributed by atoms with Crippen LogP contribution in [0.25, 0.3) is 0 Å². The van der Waals surface area contributed by atoms with E-state index in [0.717, 1.165) is 19.6 Å². The quantitative estimate of drug-likeness (QED) is 0.824. The molecule has 1 aromatic rings. The van der Waals surface area contributed by atoms with Crippen molar-refractivity contribution < 1.29 is 0 Å². The first kappa shape index (κ1) is 11.4. The van der Waals surface area contributed by atoms with Gasteiger partial charge in [-0.25, -0.2) is 0 Å². The highest BCUT2D eigenvalue weighted by atomic mass is 15.2. The SMILES string of the molecule is CC(C)c1cncc(N2CCN[C@H](C)C2)c1. The lowest BCUT2D eigenvalue weighted by Gasteiger charge is -2.33. The molecule has 2 rings (SSSR count). The predicted octanol–water partition coefficient (Wildman–Crippen LogP) is 2.00. The molecule has 0 spiro atoms. The van der Waals surface area contributed by atoms with Gasteiger partial charge in [0.1, 0.15) is 0 Å². The van der Waals surface area contributed by atoms with Crippen molar-refractivity contribution in [2.75, 3.05) is 24.5 Å². The molecule has 0 saturated carbocycles. The maximum Gasteiger partial charge on any atom is 0.0556 e. The maximum absolute atomic E-state index is 4.34. The molecule has 1 N–H and O–H groups in total. The van der Waals surface area contributed by atoms with E-state index in [1.807, 2.05) is 12.4 Å². The van der Waals surface area contributed by atoms with Crippen molar-refractivity contribution in [1.29, 1.82) is 0 Å². The lowest BCUT2D eigenvalue weighted by Crippen LogP contribution is -2.49. The zero-order chi connectivity index (χ0) is 11.5. The van der Waals surface area contributed by atoms with Gasteiger partial charge in [0.25, 0.3) is 0 Å². The van der Waals surface area contributed by atoms with Crippen LogP contribution in [0.4, 0.5) is 5.69 Å². The Hall–Kier alpha value is -1.09. The minimum absolute atomic E-state index is 0.549. The fourth-order valence-electron chi connectivity index (χ4n) is 2.10. The molecular weight excluding hydrogens is 198 g/mol. The predicted molar refractivity (Wildman–Crippen MR) is 68.0 cm³/mol. The van der Waals surface area contributed by atoms with Crippen molar-refractivity contribution in [3.63, 3.8) is 0 Å². The molecule has 1 saturated heterocycles. The Bertz CT molecular complexity index is 349. The molecule has 1 aliphatic rings. The van der Waals surface area contributed by atoms with Gasteiger partial charge in [-0.05, 0) is 24.5 Å². The molecular formula is C13H21N3. The summed E-state index contributed by atoms with van der Waals surface area (Å²) in [5.41, 5.74) is 2.59. The van der Waals surface area contributed by atoms with Crippen LogP contribution in [-0.2, 0) is 0 Å². The monoisotopic (exact) mass is 219 g/mol. The van der Waals surface area contributed by atoms with E-state index in [0.29, 0.717) is 12.0 Å². The summed E-state index contributed by atoms with van der Waals surface area (Å²) >= 11 is 0. The van der Waals surface area contributed by atoms with Gasteiger partial charge in [-0.3, -0.25) is 4.98 Å². The Labute approximate surface area is 97.9 Å². The summed E-state index contributed by atoms with van der Waals surface area (Å²) in [4.78, 5) is 6.76. The molecule has 1 aliphatic heterocycles. The summed E-state index contributed by atoms with van der Waals surface area (Å²) in [6, 6.07) is 2.84. The van der Waals surface area contributed by atoms with Gasteiger partial charge >= 0.3 is 0 Å². The standard InChI is InChI=1S/C13H21N3/c1-10(2)12-6-13(8-14-7-12)16-5-4-15-11(3)9-16/h6-8,10-11,15H,4-5,9H2,1-3H3/t11-/m1/s1. The molecule has 88 valence electrons. The van der Waals surface area contributed by atoms with Crippen molar-refractivity contribution in [3.8, 4) is 0 Å². The minimum atomic E-state index is 0.549. The van der Waals surface area contributed by atoms with Crippen LogP contribution in [0.15, 0.2) is 18.5 Å². The highest BCUT2D eigenvalue weighted by Gasteiger charge is 2.16. The highest BCUT2D eigenvalue weighted by Crippen LogP contribution is 2.20. The van der Waals surface area contributed by atoms with E-state index >= 15 is 0 Å². The third kappa shape index (κ3) is 2.53. The van der Waals surface area contributed by atoms with Crippen LogP contribution in [0.3, 0.4) is 0 Å². The second kappa shape index (κ2) is 4.83. The Balaban J connectivity index is 2.16. The fraction of sp³-hybridized carbons (Fsp3) is 0.615. The van der Waals surface area contributed by atoms with Gasteiger partial charge in [0.05, 0.1) is 11.9 Å². The summed E-state index contributed by atoms with van der Waals surface area (Å²) < 4.78 is 0. The van der Waals surface area contributed by atoms with E-state index in [-0.39, 0.29) is 0 Å². The lowest BCUT2D eigenvalue weighted by molar-refractivity contribution is 0.484.